The van der Waals surface area contributed by atoms with Crippen LogP contribution in [0.3, 0.4) is 0 Å². The van der Waals surface area contributed by atoms with Gasteiger partial charge in [0.15, 0.2) is 5.78 Å². The van der Waals surface area contributed by atoms with E-state index in [4.69, 9.17) is 4.74 Å². The SMILES string of the molecule is Cc1cccc(C(=O)COC(C)C)c1I. The van der Waals surface area contributed by atoms with Crippen molar-refractivity contribution in [3.8, 4) is 0 Å². The summed E-state index contributed by atoms with van der Waals surface area (Å²) in [6, 6.07) is 5.75. The van der Waals surface area contributed by atoms with Gasteiger partial charge in [0.25, 0.3) is 0 Å². The van der Waals surface area contributed by atoms with Crippen molar-refractivity contribution in [2.24, 2.45) is 0 Å². The summed E-state index contributed by atoms with van der Waals surface area (Å²) >= 11 is 2.20. The molecule has 0 atom stereocenters. The zero-order valence-corrected chi connectivity index (χ0v) is 11.4. The summed E-state index contributed by atoms with van der Waals surface area (Å²) in [5.41, 5.74) is 1.89. The van der Waals surface area contributed by atoms with Crippen LogP contribution in [-0.4, -0.2) is 18.5 Å². The largest absolute Gasteiger partial charge is 0.371 e. The first-order valence-corrected chi connectivity index (χ1v) is 6.00. The van der Waals surface area contributed by atoms with E-state index >= 15 is 0 Å². The molecule has 3 heteroatoms. The minimum absolute atomic E-state index is 0.0526. The van der Waals surface area contributed by atoms with Crippen molar-refractivity contribution in [3.05, 3.63) is 32.9 Å². The molecular weight excluding hydrogens is 303 g/mol. The predicted molar refractivity (Wildman–Crippen MR) is 69.3 cm³/mol. The maximum Gasteiger partial charge on any atom is 0.189 e. The Labute approximate surface area is 104 Å². The van der Waals surface area contributed by atoms with Crippen LogP contribution < -0.4 is 0 Å². The Bertz CT molecular complexity index is 359. The molecule has 2 nitrogen and oxygen atoms in total. The van der Waals surface area contributed by atoms with Crippen molar-refractivity contribution >= 4 is 28.4 Å². The Hall–Kier alpha value is -0.420. The quantitative estimate of drug-likeness (QED) is 0.629. The number of carbonyl (C=O) groups excluding carboxylic acids is 1. The molecule has 1 aromatic carbocycles. The van der Waals surface area contributed by atoms with Gasteiger partial charge in [-0.1, -0.05) is 18.2 Å². The van der Waals surface area contributed by atoms with Crippen LogP contribution in [0.1, 0.15) is 29.8 Å². The number of benzene rings is 1. The molecule has 0 fully saturated rings. The molecule has 0 aliphatic heterocycles. The second-order valence-corrected chi connectivity index (χ2v) is 4.80. The second-order valence-electron chi connectivity index (χ2n) is 3.72. The molecule has 15 heavy (non-hydrogen) atoms. The van der Waals surface area contributed by atoms with Crippen molar-refractivity contribution in [2.75, 3.05) is 6.61 Å². The molecule has 82 valence electrons. The number of hydrogen-bond donors (Lipinski definition) is 0. The van der Waals surface area contributed by atoms with Crippen molar-refractivity contribution < 1.29 is 9.53 Å². The Morgan fingerprint density at radius 3 is 2.73 bits per heavy atom. The lowest BCUT2D eigenvalue weighted by Gasteiger charge is -2.08. The van der Waals surface area contributed by atoms with Gasteiger partial charge in [-0.15, -0.1) is 0 Å². The van der Waals surface area contributed by atoms with E-state index in [1.807, 2.05) is 39.0 Å². The summed E-state index contributed by atoms with van der Waals surface area (Å²) in [6.45, 7) is 6.02. The second kappa shape index (κ2) is 5.61. The minimum atomic E-state index is 0.0526. The average molecular weight is 318 g/mol. The highest BCUT2D eigenvalue weighted by molar-refractivity contribution is 14.1. The Morgan fingerprint density at radius 1 is 1.47 bits per heavy atom. The maximum absolute atomic E-state index is 11.8. The van der Waals surface area contributed by atoms with Crippen LogP contribution in [-0.2, 0) is 4.74 Å². The van der Waals surface area contributed by atoms with Crippen LogP contribution in [0.25, 0.3) is 0 Å². The third-order valence-electron chi connectivity index (χ3n) is 2.04. The van der Waals surface area contributed by atoms with Crippen LogP contribution in [0.2, 0.25) is 0 Å². The zero-order valence-electron chi connectivity index (χ0n) is 9.21. The van der Waals surface area contributed by atoms with E-state index in [1.165, 1.54) is 0 Å². The number of Topliss-reactive ketones (excluding diaryl/α,β-unsaturated/α-hetero) is 1. The molecule has 0 aromatic heterocycles. The van der Waals surface area contributed by atoms with Crippen molar-refractivity contribution in [1.82, 2.24) is 0 Å². The predicted octanol–water partition coefficient (Wildman–Crippen LogP) is 3.21. The molecule has 0 bridgehead atoms. The normalized spacial score (nSPS) is 10.7. The standard InChI is InChI=1S/C12H15IO2/c1-8(2)15-7-11(14)10-6-4-5-9(3)12(10)13/h4-6,8H,7H2,1-3H3. The van der Waals surface area contributed by atoms with Gasteiger partial charge in [0.05, 0.1) is 6.10 Å². The molecule has 0 unspecified atom stereocenters. The molecule has 1 aromatic rings. The highest BCUT2D eigenvalue weighted by atomic mass is 127. The third kappa shape index (κ3) is 3.57. The van der Waals surface area contributed by atoms with Crippen molar-refractivity contribution in [2.45, 2.75) is 26.9 Å². The fourth-order valence-electron chi connectivity index (χ4n) is 1.18. The fourth-order valence-corrected chi connectivity index (χ4v) is 1.84. The lowest BCUT2D eigenvalue weighted by atomic mass is 10.1. The van der Waals surface area contributed by atoms with E-state index in [-0.39, 0.29) is 18.5 Å². The van der Waals surface area contributed by atoms with Crippen molar-refractivity contribution in [1.29, 1.82) is 0 Å². The van der Waals surface area contributed by atoms with Gasteiger partial charge in [-0.2, -0.15) is 0 Å². The van der Waals surface area contributed by atoms with Gasteiger partial charge in [0.2, 0.25) is 0 Å². The zero-order chi connectivity index (χ0) is 11.4. The van der Waals surface area contributed by atoms with Gasteiger partial charge in [-0.05, 0) is 48.9 Å². The lowest BCUT2D eigenvalue weighted by Crippen LogP contribution is -2.14. The number of rotatable bonds is 4. The smallest absolute Gasteiger partial charge is 0.189 e. The molecule has 0 spiro atoms. The minimum Gasteiger partial charge on any atom is -0.371 e. The van der Waals surface area contributed by atoms with Crippen LogP contribution in [0.15, 0.2) is 18.2 Å². The molecule has 0 N–H and O–H groups in total. The monoisotopic (exact) mass is 318 g/mol. The number of carbonyl (C=O) groups is 1. The molecular formula is C12H15IO2. The Kier molecular flexibility index (Phi) is 4.73. The van der Waals surface area contributed by atoms with Crippen molar-refractivity contribution in [3.63, 3.8) is 0 Å². The maximum atomic E-state index is 11.8. The summed E-state index contributed by atoms with van der Waals surface area (Å²) in [4.78, 5) is 11.8. The van der Waals surface area contributed by atoms with E-state index in [0.717, 1.165) is 14.7 Å². The van der Waals surface area contributed by atoms with Gasteiger partial charge in [0.1, 0.15) is 6.61 Å². The average Bonchev–Trinajstić information content (AvgIpc) is 2.18. The first-order valence-electron chi connectivity index (χ1n) is 4.92. The Balaban J connectivity index is 2.78. The topological polar surface area (TPSA) is 26.3 Å². The third-order valence-corrected chi connectivity index (χ3v) is 3.47. The van der Waals surface area contributed by atoms with Gasteiger partial charge >= 0.3 is 0 Å². The van der Waals surface area contributed by atoms with Crippen LogP contribution in [0.5, 0.6) is 0 Å². The highest BCUT2D eigenvalue weighted by Crippen LogP contribution is 2.17. The van der Waals surface area contributed by atoms with E-state index in [0.29, 0.717) is 0 Å². The lowest BCUT2D eigenvalue weighted by molar-refractivity contribution is 0.0584. The van der Waals surface area contributed by atoms with E-state index in [1.54, 1.807) is 0 Å². The van der Waals surface area contributed by atoms with E-state index in [2.05, 4.69) is 22.6 Å². The van der Waals surface area contributed by atoms with Crippen LogP contribution >= 0.6 is 22.6 Å². The molecule has 0 aliphatic rings. The number of halogens is 1. The van der Waals surface area contributed by atoms with Gasteiger partial charge < -0.3 is 4.74 Å². The highest BCUT2D eigenvalue weighted by Gasteiger charge is 2.11. The van der Waals surface area contributed by atoms with Gasteiger partial charge in [-0.25, -0.2) is 0 Å². The first kappa shape index (κ1) is 12.6. The molecule has 0 saturated heterocycles. The molecule has 0 aliphatic carbocycles. The molecule has 0 radical (unpaired) electrons. The number of hydrogen-bond acceptors (Lipinski definition) is 2. The van der Waals surface area contributed by atoms with Crippen LogP contribution in [0, 0.1) is 10.5 Å². The summed E-state index contributed by atoms with van der Waals surface area (Å²) in [6.07, 6.45) is 0.0939. The molecule has 0 amide bonds. The van der Waals surface area contributed by atoms with Gasteiger partial charge in [0, 0.05) is 9.13 Å². The molecule has 0 heterocycles. The van der Waals surface area contributed by atoms with E-state index in [9.17, 15) is 4.79 Å². The van der Waals surface area contributed by atoms with E-state index < -0.39 is 0 Å². The number of aryl methyl sites for hydroxylation is 1. The molecule has 1 rings (SSSR count). The summed E-state index contributed by atoms with van der Waals surface area (Å²) < 4.78 is 6.32. The summed E-state index contributed by atoms with van der Waals surface area (Å²) in [5.74, 6) is 0.0526. The number of ketones is 1. The summed E-state index contributed by atoms with van der Waals surface area (Å²) in [5, 5.41) is 0. The summed E-state index contributed by atoms with van der Waals surface area (Å²) in [7, 11) is 0. The molecule has 0 saturated carbocycles. The fraction of sp³-hybridized carbons (Fsp3) is 0.417. The first-order chi connectivity index (χ1) is 7.02. The van der Waals surface area contributed by atoms with Crippen LogP contribution in [0.4, 0.5) is 0 Å². The van der Waals surface area contributed by atoms with Gasteiger partial charge in [-0.3, -0.25) is 4.79 Å². The Morgan fingerprint density at radius 2 is 2.13 bits per heavy atom. The number of ether oxygens (including phenoxy) is 1.